The van der Waals surface area contributed by atoms with E-state index in [1.54, 1.807) is 26.0 Å². The van der Waals surface area contributed by atoms with Crippen molar-refractivity contribution >= 4 is 11.4 Å². The summed E-state index contributed by atoms with van der Waals surface area (Å²) in [5.74, 6) is -0.332. The van der Waals surface area contributed by atoms with Crippen LogP contribution in [0.5, 0.6) is 5.88 Å². The summed E-state index contributed by atoms with van der Waals surface area (Å²) in [7, 11) is 0. The molecule has 0 saturated carbocycles. The van der Waals surface area contributed by atoms with Crippen LogP contribution >= 0.6 is 0 Å². The van der Waals surface area contributed by atoms with E-state index in [9.17, 15) is 9.90 Å². The molecule has 0 amide bonds. The van der Waals surface area contributed by atoms with Gasteiger partial charge in [-0.05, 0) is 26.0 Å². The Morgan fingerprint density at radius 1 is 1.29 bits per heavy atom. The van der Waals surface area contributed by atoms with Gasteiger partial charge in [0.05, 0.1) is 5.69 Å². The molecule has 0 saturated heterocycles. The summed E-state index contributed by atoms with van der Waals surface area (Å²) in [5.41, 5.74) is 0.565. The molecule has 1 aromatic carbocycles. The van der Waals surface area contributed by atoms with Crippen LogP contribution in [0.15, 0.2) is 45.4 Å². The number of hydrogen-bond donors (Lipinski definition) is 1. The summed E-state index contributed by atoms with van der Waals surface area (Å²) >= 11 is 0. The topological polar surface area (TPSA) is 90.7 Å². The number of nitrogens with zero attached hydrogens (tertiary/aromatic N) is 4. The number of rotatable bonds is 3. The molecule has 0 fully saturated rings. The third-order valence-electron chi connectivity index (χ3n) is 3.11. The van der Waals surface area contributed by atoms with Crippen molar-refractivity contribution in [2.75, 3.05) is 0 Å². The molecule has 1 heterocycles. The van der Waals surface area contributed by atoms with Crippen molar-refractivity contribution in [1.29, 1.82) is 5.26 Å². The lowest BCUT2D eigenvalue weighted by Crippen LogP contribution is -2.20. The van der Waals surface area contributed by atoms with Crippen molar-refractivity contribution < 1.29 is 5.11 Å². The first-order valence-electron chi connectivity index (χ1n) is 6.43. The van der Waals surface area contributed by atoms with Crippen molar-refractivity contribution in [3.8, 4) is 11.9 Å². The van der Waals surface area contributed by atoms with Gasteiger partial charge in [0.1, 0.15) is 11.6 Å². The highest BCUT2D eigenvalue weighted by atomic mass is 16.3. The van der Waals surface area contributed by atoms with Gasteiger partial charge in [0.25, 0.3) is 5.56 Å². The lowest BCUT2D eigenvalue weighted by molar-refractivity contribution is 0.409. The van der Waals surface area contributed by atoms with Gasteiger partial charge in [-0.1, -0.05) is 18.2 Å². The molecule has 6 heteroatoms. The van der Waals surface area contributed by atoms with Gasteiger partial charge in [-0.3, -0.25) is 9.36 Å². The van der Waals surface area contributed by atoms with Crippen LogP contribution in [0, 0.1) is 18.3 Å². The van der Waals surface area contributed by atoms with Gasteiger partial charge in [0, 0.05) is 12.1 Å². The van der Waals surface area contributed by atoms with Crippen LogP contribution < -0.4 is 5.56 Å². The normalized spacial score (nSPS) is 10.7. The monoisotopic (exact) mass is 282 g/mol. The molecular weight excluding hydrogens is 268 g/mol. The van der Waals surface area contributed by atoms with Gasteiger partial charge >= 0.3 is 0 Å². The van der Waals surface area contributed by atoms with Gasteiger partial charge < -0.3 is 5.11 Å². The number of pyridine rings is 1. The molecule has 0 aliphatic carbocycles. The molecule has 0 aliphatic heterocycles. The summed E-state index contributed by atoms with van der Waals surface area (Å²) in [6.45, 7) is 3.52. The summed E-state index contributed by atoms with van der Waals surface area (Å²) < 4.78 is 1.10. The molecule has 0 radical (unpaired) electrons. The molecule has 1 aromatic heterocycles. The first kappa shape index (κ1) is 14.5. The van der Waals surface area contributed by atoms with Crippen molar-refractivity contribution in [1.82, 2.24) is 4.57 Å². The van der Waals surface area contributed by atoms with Gasteiger partial charge in [-0.2, -0.15) is 10.4 Å². The van der Waals surface area contributed by atoms with Crippen LogP contribution in [0.2, 0.25) is 0 Å². The van der Waals surface area contributed by atoms with Gasteiger partial charge in [-0.25, -0.2) is 0 Å². The Balaban J connectivity index is 2.62. The zero-order valence-corrected chi connectivity index (χ0v) is 11.7. The lowest BCUT2D eigenvalue weighted by Gasteiger charge is -2.10. The highest BCUT2D eigenvalue weighted by Gasteiger charge is 2.18. The average molecular weight is 282 g/mol. The second kappa shape index (κ2) is 6.01. The molecule has 0 unspecified atom stereocenters. The smallest absolute Gasteiger partial charge is 0.281 e. The van der Waals surface area contributed by atoms with E-state index in [1.807, 2.05) is 24.3 Å². The summed E-state index contributed by atoms with van der Waals surface area (Å²) in [5, 5.41) is 27.0. The van der Waals surface area contributed by atoms with Gasteiger partial charge in [0.15, 0.2) is 5.69 Å². The third kappa shape index (κ3) is 2.67. The minimum Gasteiger partial charge on any atom is -0.493 e. The minimum atomic E-state index is -0.466. The van der Waals surface area contributed by atoms with E-state index in [0.717, 1.165) is 4.57 Å². The SMILES string of the molecule is CCn1c(O)c(C#N)c(C)c(N=Nc2ccccc2)c1=O. The first-order chi connectivity index (χ1) is 10.1. The predicted molar refractivity (Wildman–Crippen MR) is 78.1 cm³/mol. The Morgan fingerprint density at radius 2 is 1.95 bits per heavy atom. The maximum absolute atomic E-state index is 12.3. The zero-order valence-electron chi connectivity index (χ0n) is 11.7. The van der Waals surface area contributed by atoms with Crippen LogP contribution in [-0.2, 0) is 6.54 Å². The van der Waals surface area contributed by atoms with Crippen LogP contribution in [0.1, 0.15) is 18.1 Å². The highest BCUT2D eigenvalue weighted by molar-refractivity contribution is 5.56. The molecular formula is C15H14N4O2. The number of hydrogen-bond acceptors (Lipinski definition) is 5. The van der Waals surface area contributed by atoms with E-state index in [1.165, 1.54) is 0 Å². The van der Waals surface area contributed by atoms with E-state index < -0.39 is 5.56 Å². The van der Waals surface area contributed by atoms with Crippen molar-refractivity contribution in [2.45, 2.75) is 20.4 Å². The average Bonchev–Trinajstić information content (AvgIpc) is 2.49. The Morgan fingerprint density at radius 3 is 2.52 bits per heavy atom. The van der Waals surface area contributed by atoms with Crippen molar-refractivity contribution in [3.63, 3.8) is 0 Å². The number of azo groups is 1. The summed E-state index contributed by atoms with van der Waals surface area (Å²) in [6.07, 6.45) is 0. The van der Waals surface area contributed by atoms with E-state index >= 15 is 0 Å². The number of aromatic nitrogens is 1. The van der Waals surface area contributed by atoms with E-state index in [2.05, 4.69) is 10.2 Å². The first-order valence-corrected chi connectivity index (χ1v) is 6.43. The van der Waals surface area contributed by atoms with Crippen LogP contribution in [0.3, 0.4) is 0 Å². The Kier molecular flexibility index (Phi) is 4.14. The molecule has 0 bridgehead atoms. The summed E-state index contributed by atoms with van der Waals surface area (Å²) in [6, 6.07) is 10.9. The second-order valence-corrected chi connectivity index (χ2v) is 4.37. The van der Waals surface area contributed by atoms with Crippen LogP contribution in [-0.4, -0.2) is 9.67 Å². The lowest BCUT2D eigenvalue weighted by atomic mass is 10.1. The number of benzene rings is 1. The molecule has 0 atom stereocenters. The molecule has 2 rings (SSSR count). The fourth-order valence-electron chi connectivity index (χ4n) is 1.95. The molecule has 0 aliphatic rings. The largest absolute Gasteiger partial charge is 0.493 e. The second-order valence-electron chi connectivity index (χ2n) is 4.37. The molecule has 106 valence electrons. The molecule has 21 heavy (non-hydrogen) atoms. The standard InChI is InChI=1S/C15H14N4O2/c1-3-19-14(20)12(9-16)10(2)13(15(19)21)18-17-11-7-5-4-6-8-11/h4-8,20H,3H2,1-2H3. The molecule has 2 aromatic rings. The van der Waals surface area contributed by atoms with Crippen molar-refractivity contribution in [2.24, 2.45) is 10.2 Å². The van der Waals surface area contributed by atoms with E-state index in [-0.39, 0.29) is 23.7 Å². The summed E-state index contributed by atoms with van der Waals surface area (Å²) in [4.78, 5) is 12.3. The quantitative estimate of drug-likeness (QED) is 0.876. The van der Waals surface area contributed by atoms with Gasteiger partial charge in [-0.15, -0.1) is 5.11 Å². The molecule has 6 nitrogen and oxygen atoms in total. The fourth-order valence-corrected chi connectivity index (χ4v) is 1.95. The van der Waals surface area contributed by atoms with Crippen LogP contribution in [0.4, 0.5) is 11.4 Å². The van der Waals surface area contributed by atoms with E-state index in [0.29, 0.717) is 11.3 Å². The maximum Gasteiger partial charge on any atom is 0.281 e. The predicted octanol–water partition coefficient (Wildman–Crippen LogP) is 3.17. The molecule has 0 spiro atoms. The highest BCUT2D eigenvalue weighted by Crippen LogP contribution is 2.26. The van der Waals surface area contributed by atoms with E-state index in [4.69, 9.17) is 5.26 Å². The number of nitriles is 1. The third-order valence-corrected chi connectivity index (χ3v) is 3.11. The Hall–Kier alpha value is -2.94. The van der Waals surface area contributed by atoms with Crippen LogP contribution in [0.25, 0.3) is 0 Å². The number of aromatic hydroxyl groups is 1. The maximum atomic E-state index is 12.3. The Labute approximate surface area is 121 Å². The van der Waals surface area contributed by atoms with Gasteiger partial charge in [0.2, 0.25) is 5.88 Å². The zero-order chi connectivity index (χ0) is 15.4. The van der Waals surface area contributed by atoms with Crippen molar-refractivity contribution in [3.05, 3.63) is 51.8 Å². The fraction of sp³-hybridized carbons (Fsp3) is 0.200. The Bertz CT molecular complexity index is 786. The molecule has 1 N–H and O–H groups in total. The minimum absolute atomic E-state index is 0.0402.